The lowest BCUT2D eigenvalue weighted by Gasteiger charge is -2.24. The highest BCUT2D eigenvalue weighted by molar-refractivity contribution is 5.78. The molecule has 0 aromatic rings. The van der Waals surface area contributed by atoms with Crippen LogP contribution in [0.5, 0.6) is 0 Å². The lowest BCUT2D eigenvalue weighted by Crippen LogP contribution is -2.36. The van der Waals surface area contributed by atoms with Gasteiger partial charge in [0.15, 0.2) is 0 Å². The van der Waals surface area contributed by atoms with Crippen molar-refractivity contribution in [3.8, 4) is 0 Å². The minimum absolute atomic E-state index is 0.0877. The van der Waals surface area contributed by atoms with E-state index in [-0.39, 0.29) is 12.5 Å². The average Bonchev–Trinajstić information content (AvgIpc) is 2.65. The van der Waals surface area contributed by atoms with Gasteiger partial charge in [-0.2, -0.15) is 0 Å². The fourth-order valence-electron chi connectivity index (χ4n) is 1.96. The fourth-order valence-corrected chi connectivity index (χ4v) is 1.96. The van der Waals surface area contributed by atoms with Crippen LogP contribution in [0.15, 0.2) is 0 Å². The molecule has 4 nitrogen and oxygen atoms in total. The van der Waals surface area contributed by atoms with E-state index in [1.165, 1.54) is 0 Å². The van der Waals surface area contributed by atoms with E-state index in [1.54, 1.807) is 0 Å². The van der Waals surface area contributed by atoms with Gasteiger partial charge >= 0.3 is 0 Å². The molecule has 1 rings (SSSR count). The summed E-state index contributed by atoms with van der Waals surface area (Å²) in [7, 11) is 2.14. The van der Waals surface area contributed by atoms with Crippen LogP contribution in [0.2, 0.25) is 0 Å². The third-order valence-corrected chi connectivity index (χ3v) is 3.24. The predicted molar refractivity (Wildman–Crippen MR) is 61.5 cm³/mol. The Morgan fingerprint density at radius 3 is 2.80 bits per heavy atom. The standard InChI is InChI=1S/C11H23N3O/c1-9(2)13(3)7-10-4-5-14(8-10)11(15)6-12/h9-10H,4-8,12H2,1-3H3/t10-/m1/s1. The molecular formula is C11H23N3O. The number of nitrogens with two attached hydrogens (primary N) is 1. The Labute approximate surface area is 92.4 Å². The molecule has 15 heavy (non-hydrogen) atoms. The van der Waals surface area contributed by atoms with E-state index in [0.717, 1.165) is 26.1 Å². The zero-order valence-corrected chi connectivity index (χ0v) is 10.1. The van der Waals surface area contributed by atoms with Crippen molar-refractivity contribution in [3.63, 3.8) is 0 Å². The Kier molecular flexibility index (Phi) is 4.54. The number of hydrogen-bond acceptors (Lipinski definition) is 3. The maximum Gasteiger partial charge on any atom is 0.236 e. The minimum Gasteiger partial charge on any atom is -0.341 e. The van der Waals surface area contributed by atoms with Gasteiger partial charge in [0.2, 0.25) is 5.91 Å². The summed E-state index contributed by atoms with van der Waals surface area (Å²) in [4.78, 5) is 15.6. The first-order valence-electron chi connectivity index (χ1n) is 5.72. The summed E-state index contributed by atoms with van der Waals surface area (Å²) in [6.07, 6.45) is 1.11. The quantitative estimate of drug-likeness (QED) is 0.722. The van der Waals surface area contributed by atoms with Gasteiger partial charge < -0.3 is 15.5 Å². The van der Waals surface area contributed by atoms with E-state index in [4.69, 9.17) is 5.73 Å². The van der Waals surface area contributed by atoms with Gasteiger partial charge in [-0.05, 0) is 33.2 Å². The molecule has 1 saturated heterocycles. The first kappa shape index (κ1) is 12.5. The number of carbonyl (C=O) groups is 1. The van der Waals surface area contributed by atoms with Gasteiger partial charge in [0.1, 0.15) is 0 Å². The SMILES string of the molecule is CC(C)N(C)C[C@H]1CCN(C(=O)CN)C1. The number of hydrogen-bond donors (Lipinski definition) is 1. The lowest BCUT2D eigenvalue weighted by molar-refractivity contribution is -0.128. The summed E-state index contributed by atoms with van der Waals surface area (Å²) in [6.45, 7) is 7.37. The predicted octanol–water partition coefficient (Wildman–Crippen LogP) is 0.134. The summed E-state index contributed by atoms with van der Waals surface area (Å²) in [6, 6.07) is 0.573. The van der Waals surface area contributed by atoms with Gasteiger partial charge in [0.25, 0.3) is 0 Å². The van der Waals surface area contributed by atoms with E-state index in [1.807, 2.05) is 4.90 Å². The smallest absolute Gasteiger partial charge is 0.236 e. The maximum absolute atomic E-state index is 11.4. The van der Waals surface area contributed by atoms with Gasteiger partial charge in [-0.15, -0.1) is 0 Å². The molecule has 0 bridgehead atoms. The monoisotopic (exact) mass is 213 g/mol. The van der Waals surface area contributed by atoms with Crippen LogP contribution in [0.25, 0.3) is 0 Å². The molecule has 4 heteroatoms. The molecule has 0 aromatic carbocycles. The van der Waals surface area contributed by atoms with Crippen LogP contribution < -0.4 is 5.73 Å². The van der Waals surface area contributed by atoms with Crippen LogP contribution in [0, 0.1) is 5.92 Å². The molecule has 0 radical (unpaired) electrons. The Morgan fingerprint density at radius 1 is 1.60 bits per heavy atom. The Morgan fingerprint density at radius 2 is 2.27 bits per heavy atom. The first-order chi connectivity index (χ1) is 7.04. The highest BCUT2D eigenvalue weighted by atomic mass is 16.2. The van der Waals surface area contributed by atoms with Crippen molar-refractivity contribution in [1.29, 1.82) is 0 Å². The van der Waals surface area contributed by atoms with E-state index in [2.05, 4.69) is 25.8 Å². The van der Waals surface area contributed by atoms with E-state index >= 15 is 0 Å². The van der Waals surface area contributed by atoms with Crippen LogP contribution in [-0.4, -0.2) is 55.0 Å². The third kappa shape index (κ3) is 3.47. The molecule has 1 heterocycles. The molecule has 1 aliphatic heterocycles. The Hall–Kier alpha value is -0.610. The fraction of sp³-hybridized carbons (Fsp3) is 0.909. The number of nitrogens with zero attached hydrogens (tertiary/aromatic N) is 2. The van der Waals surface area contributed by atoms with Crippen molar-refractivity contribution in [3.05, 3.63) is 0 Å². The Bertz CT molecular complexity index is 218. The van der Waals surface area contributed by atoms with Crippen LogP contribution in [0.4, 0.5) is 0 Å². The lowest BCUT2D eigenvalue weighted by atomic mass is 10.1. The molecule has 2 N–H and O–H groups in total. The summed E-state index contributed by atoms with van der Waals surface area (Å²) in [5.74, 6) is 0.706. The molecular weight excluding hydrogens is 190 g/mol. The van der Waals surface area contributed by atoms with Crippen LogP contribution in [-0.2, 0) is 4.79 Å². The van der Waals surface area contributed by atoms with Gasteiger partial charge in [-0.3, -0.25) is 4.79 Å². The molecule has 1 aliphatic rings. The third-order valence-electron chi connectivity index (χ3n) is 3.24. The molecule has 1 amide bonds. The van der Waals surface area contributed by atoms with Crippen molar-refractivity contribution in [2.75, 3.05) is 33.2 Å². The number of amides is 1. The number of likely N-dealkylation sites (tertiary alicyclic amines) is 1. The molecule has 88 valence electrons. The van der Waals surface area contributed by atoms with E-state index in [0.29, 0.717) is 12.0 Å². The van der Waals surface area contributed by atoms with Crippen molar-refractivity contribution < 1.29 is 4.79 Å². The summed E-state index contributed by atoms with van der Waals surface area (Å²) in [5, 5.41) is 0. The van der Waals surface area contributed by atoms with Crippen molar-refractivity contribution in [2.24, 2.45) is 11.7 Å². The van der Waals surface area contributed by atoms with Crippen LogP contribution in [0.3, 0.4) is 0 Å². The zero-order valence-electron chi connectivity index (χ0n) is 10.1. The maximum atomic E-state index is 11.4. The van der Waals surface area contributed by atoms with Gasteiger partial charge in [-0.25, -0.2) is 0 Å². The van der Waals surface area contributed by atoms with Crippen LogP contribution >= 0.6 is 0 Å². The molecule has 0 saturated carbocycles. The normalized spacial score (nSPS) is 21.7. The molecule has 1 atom stereocenters. The van der Waals surface area contributed by atoms with E-state index < -0.39 is 0 Å². The average molecular weight is 213 g/mol. The van der Waals surface area contributed by atoms with Gasteiger partial charge in [0.05, 0.1) is 6.54 Å². The van der Waals surface area contributed by atoms with Gasteiger partial charge in [0, 0.05) is 25.7 Å². The molecule has 0 spiro atoms. The largest absolute Gasteiger partial charge is 0.341 e. The highest BCUT2D eigenvalue weighted by Gasteiger charge is 2.26. The highest BCUT2D eigenvalue weighted by Crippen LogP contribution is 2.17. The summed E-state index contributed by atoms with van der Waals surface area (Å²) >= 11 is 0. The molecule has 0 aromatic heterocycles. The van der Waals surface area contributed by atoms with Crippen LogP contribution in [0.1, 0.15) is 20.3 Å². The second kappa shape index (κ2) is 5.47. The van der Waals surface area contributed by atoms with Crippen molar-refractivity contribution in [2.45, 2.75) is 26.3 Å². The summed E-state index contributed by atoms with van der Waals surface area (Å²) in [5.41, 5.74) is 5.35. The second-order valence-corrected chi connectivity index (χ2v) is 4.73. The molecule has 0 aliphatic carbocycles. The molecule has 0 unspecified atom stereocenters. The second-order valence-electron chi connectivity index (χ2n) is 4.73. The topological polar surface area (TPSA) is 49.6 Å². The minimum atomic E-state index is 0.0877. The van der Waals surface area contributed by atoms with Crippen molar-refractivity contribution >= 4 is 5.91 Å². The number of rotatable bonds is 4. The Balaban J connectivity index is 2.33. The molecule has 1 fully saturated rings. The summed E-state index contributed by atoms with van der Waals surface area (Å²) < 4.78 is 0. The zero-order chi connectivity index (χ0) is 11.4. The van der Waals surface area contributed by atoms with Gasteiger partial charge in [-0.1, -0.05) is 0 Å². The van der Waals surface area contributed by atoms with E-state index in [9.17, 15) is 4.79 Å². The van der Waals surface area contributed by atoms with Crippen molar-refractivity contribution in [1.82, 2.24) is 9.80 Å². The first-order valence-corrected chi connectivity index (χ1v) is 5.72. The number of carbonyl (C=O) groups excluding carboxylic acids is 1.